The lowest BCUT2D eigenvalue weighted by Crippen LogP contribution is -2.51. The van der Waals surface area contributed by atoms with Crippen molar-refractivity contribution in [2.24, 2.45) is 10.7 Å². The molecule has 0 saturated carbocycles. The highest BCUT2D eigenvalue weighted by atomic mass is 19.1. The largest absolute Gasteiger partial charge is 0.370 e. The van der Waals surface area contributed by atoms with E-state index in [1.165, 1.54) is 12.1 Å². The first-order valence-corrected chi connectivity index (χ1v) is 7.93. The lowest BCUT2D eigenvalue weighted by molar-refractivity contribution is 0.378. The summed E-state index contributed by atoms with van der Waals surface area (Å²) in [6.45, 7) is 3.22. The quantitative estimate of drug-likeness (QED) is 0.665. The van der Waals surface area contributed by atoms with Crippen LogP contribution in [-0.2, 0) is 6.54 Å². The summed E-state index contributed by atoms with van der Waals surface area (Å²) in [5.41, 5.74) is 6.76. The fourth-order valence-corrected chi connectivity index (χ4v) is 2.61. The van der Waals surface area contributed by atoms with Crippen LogP contribution in [-0.4, -0.2) is 47.0 Å². The number of anilines is 1. The number of hydrogen-bond acceptors (Lipinski definition) is 5. The second-order valence-electron chi connectivity index (χ2n) is 5.62. The van der Waals surface area contributed by atoms with Crippen molar-refractivity contribution in [2.45, 2.75) is 6.54 Å². The molecule has 2 aromatic rings. The van der Waals surface area contributed by atoms with Crippen molar-refractivity contribution in [2.75, 3.05) is 31.1 Å². The number of aliphatic imine (C=N–C) groups is 1. The lowest BCUT2D eigenvalue weighted by Gasteiger charge is -2.35. The maximum absolute atomic E-state index is 13.6. The molecule has 1 aromatic carbocycles. The van der Waals surface area contributed by atoms with Crippen LogP contribution in [0.5, 0.6) is 0 Å². The van der Waals surface area contributed by atoms with Crippen molar-refractivity contribution in [3.05, 3.63) is 53.6 Å². The van der Waals surface area contributed by atoms with Crippen molar-refractivity contribution in [1.29, 1.82) is 5.26 Å². The third-order valence-electron chi connectivity index (χ3n) is 4.02. The molecule has 1 aromatic heterocycles. The minimum atomic E-state index is -0.537. The molecule has 8 heteroatoms. The van der Waals surface area contributed by atoms with E-state index >= 15 is 0 Å². The molecule has 25 heavy (non-hydrogen) atoms. The number of aromatic nitrogens is 2. The molecule has 1 fully saturated rings. The van der Waals surface area contributed by atoms with Crippen LogP contribution in [0.1, 0.15) is 11.1 Å². The Bertz CT molecular complexity index is 792. The van der Waals surface area contributed by atoms with Crippen molar-refractivity contribution >= 4 is 11.9 Å². The first-order chi connectivity index (χ1) is 12.2. The van der Waals surface area contributed by atoms with Gasteiger partial charge in [0, 0.05) is 38.6 Å². The van der Waals surface area contributed by atoms with E-state index in [1.54, 1.807) is 30.6 Å². The van der Waals surface area contributed by atoms with E-state index in [-0.39, 0.29) is 12.1 Å². The molecule has 2 heterocycles. The Morgan fingerprint density at radius 1 is 1.24 bits per heavy atom. The smallest absolute Gasteiger partial charge is 0.225 e. The molecule has 1 aliphatic heterocycles. The third kappa shape index (κ3) is 4.01. The Morgan fingerprint density at radius 2 is 1.96 bits per heavy atom. The maximum atomic E-state index is 13.6. The summed E-state index contributed by atoms with van der Waals surface area (Å²) in [6.07, 6.45) is 3.45. The molecule has 0 atom stereocenters. The van der Waals surface area contributed by atoms with Gasteiger partial charge in [0.05, 0.1) is 12.1 Å². The summed E-state index contributed by atoms with van der Waals surface area (Å²) in [5, 5.41) is 8.74. The van der Waals surface area contributed by atoms with E-state index in [9.17, 15) is 4.39 Å². The van der Waals surface area contributed by atoms with Crippen LogP contribution in [0.4, 0.5) is 10.3 Å². The van der Waals surface area contributed by atoms with Crippen LogP contribution in [0.15, 0.2) is 41.7 Å². The van der Waals surface area contributed by atoms with Crippen molar-refractivity contribution in [3.8, 4) is 6.07 Å². The number of guanidine groups is 1. The average molecular weight is 339 g/mol. The SMILES string of the molecule is N#Cc1ccc(CN=C(N)N2CCN(c3ncccn3)CC2)cc1F. The van der Waals surface area contributed by atoms with Gasteiger partial charge in [-0.1, -0.05) is 6.07 Å². The van der Waals surface area contributed by atoms with Crippen molar-refractivity contribution < 1.29 is 4.39 Å². The van der Waals surface area contributed by atoms with Gasteiger partial charge < -0.3 is 15.5 Å². The van der Waals surface area contributed by atoms with Crippen LogP contribution in [0.3, 0.4) is 0 Å². The van der Waals surface area contributed by atoms with Crippen LogP contribution >= 0.6 is 0 Å². The number of benzene rings is 1. The minimum Gasteiger partial charge on any atom is -0.370 e. The molecule has 1 saturated heterocycles. The Hall–Kier alpha value is -3.21. The Morgan fingerprint density at radius 3 is 2.60 bits per heavy atom. The topological polar surface area (TPSA) is 94.4 Å². The van der Waals surface area contributed by atoms with E-state index in [4.69, 9.17) is 11.0 Å². The molecule has 128 valence electrons. The molecule has 1 aliphatic rings. The zero-order chi connectivity index (χ0) is 17.6. The first kappa shape index (κ1) is 16.6. The van der Waals surface area contributed by atoms with Gasteiger partial charge in [-0.05, 0) is 23.8 Å². The van der Waals surface area contributed by atoms with Crippen LogP contribution in [0.2, 0.25) is 0 Å². The monoisotopic (exact) mass is 339 g/mol. The van der Waals surface area contributed by atoms with E-state index in [2.05, 4.69) is 19.9 Å². The maximum Gasteiger partial charge on any atom is 0.225 e. The predicted molar refractivity (Wildman–Crippen MR) is 92.3 cm³/mol. The standard InChI is InChI=1S/C17H18FN7/c18-15-10-13(2-3-14(15)11-19)12-23-16(20)24-6-8-25(9-7-24)17-21-4-1-5-22-17/h1-5,10H,6-9,12H2,(H2,20,23). The molecule has 0 radical (unpaired) electrons. The van der Waals surface area contributed by atoms with E-state index in [0.717, 1.165) is 26.2 Å². The molecule has 0 spiro atoms. The van der Waals surface area contributed by atoms with E-state index < -0.39 is 5.82 Å². The van der Waals surface area contributed by atoms with Crippen molar-refractivity contribution in [1.82, 2.24) is 14.9 Å². The summed E-state index contributed by atoms with van der Waals surface area (Å²) in [5.74, 6) is 0.606. The Labute approximate surface area is 145 Å². The lowest BCUT2D eigenvalue weighted by atomic mass is 10.1. The van der Waals surface area contributed by atoms with E-state index in [0.29, 0.717) is 17.5 Å². The number of piperazine rings is 1. The normalized spacial score (nSPS) is 15.1. The molecule has 0 amide bonds. The van der Waals surface area contributed by atoms with Crippen LogP contribution in [0, 0.1) is 17.1 Å². The van der Waals surface area contributed by atoms with Gasteiger partial charge >= 0.3 is 0 Å². The number of nitrogens with two attached hydrogens (primary N) is 1. The van der Waals surface area contributed by atoms with Gasteiger partial charge in [0.25, 0.3) is 0 Å². The number of hydrogen-bond donors (Lipinski definition) is 1. The third-order valence-corrected chi connectivity index (χ3v) is 4.02. The number of nitrogens with zero attached hydrogens (tertiary/aromatic N) is 6. The second-order valence-corrected chi connectivity index (χ2v) is 5.62. The van der Waals surface area contributed by atoms with Crippen LogP contribution in [0.25, 0.3) is 0 Å². The molecule has 3 rings (SSSR count). The fourth-order valence-electron chi connectivity index (χ4n) is 2.61. The fraction of sp³-hybridized carbons (Fsp3) is 0.294. The average Bonchev–Trinajstić information content (AvgIpc) is 2.67. The summed E-state index contributed by atoms with van der Waals surface area (Å²) in [4.78, 5) is 16.9. The van der Waals surface area contributed by atoms with Crippen molar-refractivity contribution in [3.63, 3.8) is 0 Å². The summed E-state index contributed by atoms with van der Waals surface area (Å²) < 4.78 is 13.6. The Kier molecular flexibility index (Phi) is 5.04. The molecular weight excluding hydrogens is 321 g/mol. The summed E-state index contributed by atoms with van der Waals surface area (Å²) >= 11 is 0. The van der Waals surface area contributed by atoms with Gasteiger partial charge in [-0.2, -0.15) is 5.26 Å². The zero-order valence-corrected chi connectivity index (χ0v) is 13.6. The molecule has 7 nitrogen and oxygen atoms in total. The molecule has 2 N–H and O–H groups in total. The molecule has 0 unspecified atom stereocenters. The van der Waals surface area contributed by atoms with Gasteiger partial charge in [-0.3, -0.25) is 0 Å². The first-order valence-electron chi connectivity index (χ1n) is 7.93. The zero-order valence-electron chi connectivity index (χ0n) is 13.6. The number of nitriles is 1. The predicted octanol–water partition coefficient (Wildman–Crippen LogP) is 1.12. The van der Waals surface area contributed by atoms with Gasteiger partial charge in [-0.15, -0.1) is 0 Å². The van der Waals surface area contributed by atoms with Crippen LogP contribution < -0.4 is 10.6 Å². The molecular formula is C17H18FN7. The van der Waals surface area contributed by atoms with E-state index in [1.807, 2.05) is 4.90 Å². The minimum absolute atomic E-state index is 0.0277. The highest BCUT2D eigenvalue weighted by molar-refractivity contribution is 5.78. The van der Waals surface area contributed by atoms with Gasteiger partial charge in [0.2, 0.25) is 5.95 Å². The Balaban J connectivity index is 1.57. The highest BCUT2D eigenvalue weighted by Gasteiger charge is 2.19. The summed E-state index contributed by atoms with van der Waals surface area (Å²) in [7, 11) is 0. The van der Waals surface area contributed by atoms with Gasteiger partial charge in [-0.25, -0.2) is 19.4 Å². The highest BCUT2D eigenvalue weighted by Crippen LogP contribution is 2.12. The van der Waals surface area contributed by atoms with Gasteiger partial charge in [0.1, 0.15) is 11.9 Å². The number of halogens is 1. The summed E-state index contributed by atoms with van der Waals surface area (Å²) in [6, 6.07) is 8.04. The molecule has 0 bridgehead atoms. The molecule has 0 aliphatic carbocycles. The second kappa shape index (κ2) is 7.57. The van der Waals surface area contributed by atoms with Gasteiger partial charge in [0.15, 0.2) is 5.96 Å². The number of rotatable bonds is 3.